The summed E-state index contributed by atoms with van der Waals surface area (Å²) in [6.07, 6.45) is 6.13. The second-order valence-electron chi connectivity index (χ2n) is 1.75. The zero-order valence-corrected chi connectivity index (χ0v) is 5.61. The molecule has 1 rings (SSSR count). The molecule has 48 valence electrons. The lowest BCUT2D eigenvalue weighted by Crippen LogP contribution is -2.06. The number of dihydropyridines is 1. The molecule has 0 bridgehead atoms. The summed E-state index contributed by atoms with van der Waals surface area (Å²) in [5, 5.41) is 11.6. The second-order valence-corrected chi connectivity index (χ2v) is 2.13. The third kappa shape index (κ3) is 1.54. The number of rotatable bonds is 1. The number of aliphatic hydroxyl groups is 1. The van der Waals surface area contributed by atoms with E-state index in [1.807, 2.05) is 12.3 Å². The van der Waals surface area contributed by atoms with E-state index in [2.05, 4.69) is 17.5 Å². The van der Waals surface area contributed by atoms with E-state index < -0.39 is 0 Å². The van der Waals surface area contributed by atoms with Crippen LogP contribution in [0.25, 0.3) is 0 Å². The highest BCUT2D eigenvalue weighted by Crippen LogP contribution is 2.05. The largest absolute Gasteiger partial charge is 0.499 e. The van der Waals surface area contributed by atoms with E-state index in [0.29, 0.717) is 0 Å². The van der Waals surface area contributed by atoms with Crippen LogP contribution in [0.5, 0.6) is 0 Å². The standard InChI is InChI=1S/C6H7NOS/c8-6(9)5-2-1-3-7-4-5/h1,3-4,7H,2H2,(H,8,9). The molecular weight excluding hydrogens is 134 g/mol. The summed E-state index contributed by atoms with van der Waals surface area (Å²) in [6, 6.07) is 0. The molecule has 2 N–H and O–H groups in total. The Hall–Kier alpha value is -0.830. The van der Waals surface area contributed by atoms with E-state index in [1.54, 1.807) is 6.20 Å². The Morgan fingerprint density at radius 1 is 1.78 bits per heavy atom. The van der Waals surface area contributed by atoms with Gasteiger partial charge in [0.1, 0.15) is 0 Å². The monoisotopic (exact) mass is 141 g/mol. The molecule has 0 atom stereocenters. The minimum Gasteiger partial charge on any atom is -0.499 e. The van der Waals surface area contributed by atoms with Gasteiger partial charge in [-0.2, -0.15) is 0 Å². The van der Waals surface area contributed by atoms with Crippen molar-refractivity contribution >= 4 is 17.3 Å². The van der Waals surface area contributed by atoms with Crippen LogP contribution < -0.4 is 5.32 Å². The summed E-state index contributed by atoms with van der Waals surface area (Å²) < 4.78 is 0. The van der Waals surface area contributed by atoms with Crippen molar-refractivity contribution in [2.24, 2.45) is 0 Å². The molecule has 3 heteroatoms. The first-order valence-corrected chi connectivity index (χ1v) is 3.05. The van der Waals surface area contributed by atoms with Crippen LogP contribution in [0.3, 0.4) is 0 Å². The molecular formula is C6H7NOS. The highest BCUT2D eigenvalue weighted by molar-refractivity contribution is 7.80. The predicted molar refractivity (Wildman–Crippen MR) is 40.2 cm³/mol. The van der Waals surface area contributed by atoms with Crippen molar-refractivity contribution in [2.45, 2.75) is 6.42 Å². The molecule has 9 heavy (non-hydrogen) atoms. The van der Waals surface area contributed by atoms with Gasteiger partial charge in [0, 0.05) is 11.8 Å². The van der Waals surface area contributed by atoms with Gasteiger partial charge >= 0.3 is 0 Å². The van der Waals surface area contributed by atoms with Gasteiger partial charge in [-0.25, -0.2) is 0 Å². The summed E-state index contributed by atoms with van der Waals surface area (Å²) in [7, 11) is 0. The van der Waals surface area contributed by atoms with Crippen LogP contribution in [0.1, 0.15) is 6.42 Å². The molecule has 0 aliphatic carbocycles. The molecule has 1 heterocycles. The number of hydrogen-bond donors (Lipinski definition) is 2. The molecule has 0 aromatic rings. The molecule has 0 radical (unpaired) electrons. The van der Waals surface area contributed by atoms with Crippen molar-refractivity contribution in [1.82, 2.24) is 5.32 Å². The van der Waals surface area contributed by atoms with Gasteiger partial charge in [0.2, 0.25) is 0 Å². The fraction of sp³-hybridized carbons (Fsp3) is 0.167. The molecule has 0 spiro atoms. The Morgan fingerprint density at radius 3 is 2.89 bits per heavy atom. The van der Waals surface area contributed by atoms with E-state index in [-0.39, 0.29) is 5.05 Å². The molecule has 1 aliphatic rings. The lowest BCUT2D eigenvalue weighted by molar-refractivity contribution is 0.566. The highest BCUT2D eigenvalue weighted by Gasteiger charge is 2.01. The van der Waals surface area contributed by atoms with Crippen molar-refractivity contribution in [1.29, 1.82) is 0 Å². The maximum absolute atomic E-state index is 8.77. The summed E-state index contributed by atoms with van der Waals surface area (Å²) in [4.78, 5) is 0. The third-order valence-corrected chi connectivity index (χ3v) is 1.35. The first-order valence-electron chi connectivity index (χ1n) is 2.64. The van der Waals surface area contributed by atoms with E-state index in [4.69, 9.17) is 5.11 Å². The zero-order chi connectivity index (χ0) is 6.69. The molecule has 1 aliphatic heterocycles. The Kier molecular flexibility index (Phi) is 1.85. The quantitative estimate of drug-likeness (QED) is 0.539. The first kappa shape index (κ1) is 6.29. The normalized spacial score (nSPS) is 16.2. The number of allylic oxidation sites excluding steroid dienone is 1. The number of thiocarbonyl (C=S) groups is 1. The van der Waals surface area contributed by atoms with Crippen LogP contribution in [0.4, 0.5) is 0 Å². The SMILES string of the molecule is OC(=S)C1=CNC=CC1. The van der Waals surface area contributed by atoms with Crippen LogP contribution >= 0.6 is 12.2 Å². The molecule has 0 saturated carbocycles. The van der Waals surface area contributed by atoms with Gasteiger partial charge in [-0.1, -0.05) is 6.08 Å². The van der Waals surface area contributed by atoms with Crippen molar-refractivity contribution in [2.75, 3.05) is 0 Å². The first-order chi connectivity index (χ1) is 4.30. The summed E-state index contributed by atoms with van der Waals surface area (Å²) in [5.41, 5.74) is 0.771. The van der Waals surface area contributed by atoms with E-state index in [1.165, 1.54) is 0 Å². The Balaban J connectivity index is 2.61. The van der Waals surface area contributed by atoms with Crippen LogP contribution in [0.2, 0.25) is 0 Å². The molecule has 0 unspecified atom stereocenters. The lowest BCUT2D eigenvalue weighted by atomic mass is 10.2. The van der Waals surface area contributed by atoms with Gasteiger partial charge < -0.3 is 10.4 Å². The Labute approximate surface area is 58.9 Å². The topological polar surface area (TPSA) is 32.3 Å². The van der Waals surface area contributed by atoms with Crippen LogP contribution in [0.15, 0.2) is 24.0 Å². The van der Waals surface area contributed by atoms with Gasteiger partial charge in [-0.3, -0.25) is 0 Å². The number of aliphatic hydroxyl groups excluding tert-OH is 1. The summed E-state index contributed by atoms with van der Waals surface area (Å²) in [6.45, 7) is 0. The van der Waals surface area contributed by atoms with E-state index in [0.717, 1.165) is 12.0 Å². The number of hydrogen-bond acceptors (Lipinski definition) is 2. The maximum atomic E-state index is 8.77. The average molecular weight is 141 g/mol. The minimum absolute atomic E-state index is 0.0214. The summed E-state index contributed by atoms with van der Waals surface area (Å²) in [5.74, 6) is 0. The van der Waals surface area contributed by atoms with Crippen molar-refractivity contribution in [3.63, 3.8) is 0 Å². The molecule has 0 saturated heterocycles. The van der Waals surface area contributed by atoms with Gasteiger partial charge in [0.15, 0.2) is 5.05 Å². The smallest absolute Gasteiger partial charge is 0.186 e. The maximum Gasteiger partial charge on any atom is 0.186 e. The highest BCUT2D eigenvalue weighted by atomic mass is 32.1. The predicted octanol–water partition coefficient (Wildman–Crippen LogP) is 1.26. The molecule has 0 aromatic carbocycles. The molecule has 0 fully saturated rings. The van der Waals surface area contributed by atoms with Gasteiger partial charge in [0.25, 0.3) is 0 Å². The minimum atomic E-state index is -0.0214. The van der Waals surface area contributed by atoms with Gasteiger partial charge in [-0.05, 0) is 24.8 Å². The zero-order valence-electron chi connectivity index (χ0n) is 4.79. The van der Waals surface area contributed by atoms with E-state index >= 15 is 0 Å². The Bertz CT molecular complexity index is 183. The van der Waals surface area contributed by atoms with Crippen LogP contribution in [0, 0.1) is 0 Å². The van der Waals surface area contributed by atoms with Gasteiger partial charge in [0.05, 0.1) is 0 Å². The number of nitrogens with one attached hydrogen (secondary N) is 1. The molecule has 0 amide bonds. The van der Waals surface area contributed by atoms with Crippen LogP contribution in [-0.2, 0) is 0 Å². The van der Waals surface area contributed by atoms with Crippen molar-refractivity contribution in [3.8, 4) is 0 Å². The summed E-state index contributed by atoms with van der Waals surface area (Å²) >= 11 is 4.53. The second kappa shape index (κ2) is 2.64. The van der Waals surface area contributed by atoms with E-state index in [9.17, 15) is 0 Å². The molecule has 2 nitrogen and oxygen atoms in total. The van der Waals surface area contributed by atoms with Crippen molar-refractivity contribution < 1.29 is 5.11 Å². The average Bonchev–Trinajstić information content (AvgIpc) is 1.90. The lowest BCUT2D eigenvalue weighted by Gasteiger charge is -2.04. The fourth-order valence-electron chi connectivity index (χ4n) is 0.611. The van der Waals surface area contributed by atoms with Gasteiger partial charge in [-0.15, -0.1) is 0 Å². The molecule has 0 aromatic heterocycles. The fourth-order valence-corrected chi connectivity index (χ4v) is 0.753. The Morgan fingerprint density at radius 2 is 2.56 bits per heavy atom. The van der Waals surface area contributed by atoms with Crippen molar-refractivity contribution in [3.05, 3.63) is 24.0 Å². The third-order valence-electron chi connectivity index (χ3n) is 1.08. The van der Waals surface area contributed by atoms with Crippen LogP contribution in [-0.4, -0.2) is 10.2 Å².